The van der Waals surface area contributed by atoms with Crippen molar-refractivity contribution in [2.45, 2.75) is 33.1 Å². The first kappa shape index (κ1) is 16.1. The van der Waals surface area contributed by atoms with Crippen LogP contribution in [0.2, 0.25) is 0 Å². The fraction of sp³-hybridized carbons (Fsp3) is 0.438. The molecule has 20 heavy (non-hydrogen) atoms. The highest BCUT2D eigenvalue weighted by Gasteiger charge is 2.04. The van der Waals surface area contributed by atoms with Crippen molar-refractivity contribution in [3.8, 4) is 11.5 Å². The second kappa shape index (κ2) is 8.25. The SMILES string of the molecule is C=C(C)C(=O)OCCCOc1ccc(CCC)c(O)c1. The molecule has 1 rings (SSSR count). The molecule has 0 amide bonds. The van der Waals surface area contributed by atoms with Gasteiger partial charge in [-0.3, -0.25) is 0 Å². The fourth-order valence-electron chi connectivity index (χ4n) is 1.65. The molecule has 0 aliphatic rings. The monoisotopic (exact) mass is 278 g/mol. The molecule has 4 heteroatoms. The largest absolute Gasteiger partial charge is 0.508 e. The molecule has 0 bridgehead atoms. The average molecular weight is 278 g/mol. The lowest BCUT2D eigenvalue weighted by Gasteiger charge is -2.09. The fourth-order valence-corrected chi connectivity index (χ4v) is 1.65. The Morgan fingerprint density at radius 1 is 1.35 bits per heavy atom. The van der Waals surface area contributed by atoms with Gasteiger partial charge in [-0.15, -0.1) is 0 Å². The molecule has 0 saturated heterocycles. The maximum atomic E-state index is 11.1. The van der Waals surface area contributed by atoms with E-state index in [0.717, 1.165) is 18.4 Å². The lowest BCUT2D eigenvalue weighted by molar-refractivity contribution is -0.139. The molecule has 1 aromatic carbocycles. The van der Waals surface area contributed by atoms with E-state index < -0.39 is 0 Å². The van der Waals surface area contributed by atoms with Crippen LogP contribution in [0.1, 0.15) is 32.3 Å². The first-order chi connectivity index (χ1) is 9.54. The predicted molar refractivity (Wildman–Crippen MR) is 78.0 cm³/mol. The summed E-state index contributed by atoms with van der Waals surface area (Å²) in [5.41, 5.74) is 1.32. The van der Waals surface area contributed by atoms with Gasteiger partial charge in [0.1, 0.15) is 11.5 Å². The van der Waals surface area contributed by atoms with E-state index in [9.17, 15) is 9.90 Å². The Balaban J connectivity index is 2.30. The van der Waals surface area contributed by atoms with Crippen LogP contribution in [0.4, 0.5) is 0 Å². The molecule has 0 unspecified atom stereocenters. The second-order valence-corrected chi connectivity index (χ2v) is 4.66. The number of ether oxygens (including phenoxy) is 2. The van der Waals surface area contributed by atoms with Gasteiger partial charge < -0.3 is 14.6 Å². The Kier molecular flexibility index (Phi) is 6.64. The van der Waals surface area contributed by atoms with Crippen molar-refractivity contribution in [2.24, 2.45) is 0 Å². The minimum Gasteiger partial charge on any atom is -0.508 e. The van der Waals surface area contributed by atoms with Crippen LogP contribution in [0.25, 0.3) is 0 Å². The van der Waals surface area contributed by atoms with Gasteiger partial charge in [-0.2, -0.15) is 0 Å². The van der Waals surface area contributed by atoms with E-state index in [1.54, 1.807) is 13.0 Å². The lowest BCUT2D eigenvalue weighted by Crippen LogP contribution is -2.09. The van der Waals surface area contributed by atoms with Gasteiger partial charge in [0.25, 0.3) is 0 Å². The minimum absolute atomic E-state index is 0.262. The number of hydrogen-bond donors (Lipinski definition) is 1. The molecule has 0 radical (unpaired) electrons. The smallest absolute Gasteiger partial charge is 0.333 e. The van der Waals surface area contributed by atoms with Crippen molar-refractivity contribution in [1.82, 2.24) is 0 Å². The number of carbonyl (C=O) groups is 1. The zero-order chi connectivity index (χ0) is 15.0. The van der Waals surface area contributed by atoms with E-state index in [1.165, 1.54) is 0 Å². The number of benzene rings is 1. The summed E-state index contributed by atoms with van der Waals surface area (Å²) in [5, 5.41) is 9.80. The summed E-state index contributed by atoms with van der Waals surface area (Å²) in [7, 11) is 0. The van der Waals surface area contributed by atoms with E-state index in [0.29, 0.717) is 31.0 Å². The van der Waals surface area contributed by atoms with E-state index in [1.807, 2.05) is 12.1 Å². The van der Waals surface area contributed by atoms with E-state index in [2.05, 4.69) is 13.5 Å². The van der Waals surface area contributed by atoms with Crippen molar-refractivity contribution in [1.29, 1.82) is 0 Å². The van der Waals surface area contributed by atoms with Crippen LogP contribution < -0.4 is 4.74 Å². The third kappa shape index (κ3) is 5.34. The van der Waals surface area contributed by atoms with Gasteiger partial charge in [-0.25, -0.2) is 4.79 Å². The number of aromatic hydroxyl groups is 1. The zero-order valence-corrected chi connectivity index (χ0v) is 12.1. The van der Waals surface area contributed by atoms with Crippen LogP contribution in [0.3, 0.4) is 0 Å². The topological polar surface area (TPSA) is 55.8 Å². The van der Waals surface area contributed by atoms with Crippen molar-refractivity contribution >= 4 is 5.97 Å². The van der Waals surface area contributed by atoms with Crippen LogP contribution in [-0.2, 0) is 16.0 Å². The van der Waals surface area contributed by atoms with Crippen LogP contribution in [-0.4, -0.2) is 24.3 Å². The van der Waals surface area contributed by atoms with Gasteiger partial charge in [0.2, 0.25) is 0 Å². The van der Waals surface area contributed by atoms with Gasteiger partial charge in [0.05, 0.1) is 13.2 Å². The Hall–Kier alpha value is -1.97. The third-order valence-corrected chi connectivity index (χ3v) is 2.72. The molecule has 0 fully saturated rings. The first-order valence-electron chi connectivity index (χ1n) is 6.82. The van der Waals surface area contributed by atoms with Crippen LogP contribution in [0.5, 0.6) is 11.5 Å². The van der Waals surface area contributed by atoms with Gasteiger partial charge >= 0.3 is 5.97 Å². The van der Waals surface area contributed by atoms with Gasteiger partial charge in [0, 0.05) is 18.1 Å². The first-order valence-corrected chi connectivity index (χ1v) is 6.82. The molecule has 1 N–H and O–H groups in total. The number of aryl methyl sites for hydroxylation is 1. The third-order valence-electron chi connectivity index (χ3n) is 2.72. The molecule has 110 valence electrons. The highest BCUT2D eigenvalue weighted by atomic mass is 16.5. The number of esters is 1. The number of carbonyl (C=O) groups excluding carboxylic acids is 1. The number of phenolic OH excluding ortho intramolecular Hbond substituents is 1. The molecule has 0 atom stereocenters. The summed E-state index contributed by atoms with van der Waals surface area (Å²) in [4.78, 5) is 11.1. The molecule has 0 aromatic heterocycles. The van der Waals surface area contributed by atoms with Crippen LogP contribution in [0.15, 0.2) is 30.4 Å². The van der Waals surface area contributed by atoms with Crippen molar-refractivity contribution in [2.75, 3.05) is 13.2 Å². The molecular weight excluding hydrogens is 256 g/mol. The van der Waals surface area contributed by atoms with Crippen LogP contribution >= 0.6 is 0 Å². The molecule has 0 spiro atoms. The molecule has 0 aliphatic heterocycles. The average Bonchev–Trinajstić information content (AvgIpc) is 2.41. The summed E-state index contributed by atoms with van der Waals surface area (Å²) in [6.45, 7) is 7.90. The molecular formula is C16H22O4. The zero-order valence-electron chi connectivity index (χ0n) is 12.1. The maximum absolute atomic E-state index is 11.1. The van der Waals surface area contributed by atoms with Crippen LogP contribution in [0, 0.1) is 0 Å². The summed E-state index contributed by atoms with van der Waals surface area (Å²) in [5.74, 6) is 0.498. The van der Waals surface area contributed by atoms with Crippen molar-refractivity contribution in [3.63, 3.8) is 0 Å². The lowest BCUT2D eigenvalue weighted by atomic mass is 10.1. The minimum atomic E-state index is -0.383. The molecule has 1 aromatic rings. The Morgan fingerprint density at radius 3 is 2.70 bits per heavy atom. The van der Waals surface area contributed by atoms with E-state index >= 15 is 0 Å². The summed E-state index contributed by atoms with van der Waals surface area (Å²) in [6.07, 6.45) is 2.43. The maximum Gasteiger partial charge on any atom is 0.333 e. The summed E-state index contributed by atoms with van der Waals surface area (Å²) < 4.78 is 10.4. The highest BCUT2D eigenvalue weighted by Crippen LogP contribution is 2.24. The Labute approximate surface area is 120 Å². The van der Waals surface area contributed by atoms with Crippen molar-refractivity contribution < 1.29 is 19.4 Å². The van der Waals surface area contributed by atoms with E-state index in [4.69, 9.17) is 9.47 Å². The molecule has 4 nitrogen and oxygen atoms in total. The Morgan fingerprint density at radius 2 is 2.10 bits per heavy atom. The molecule has 0 saturated carbocycles. The van der Waals surface area contributed by atoms with Gasteiger partial charge in [-0.1, -0.05) is 26.0 Å². The Bertz CT molecular complexity index is 466. The normalized spacial score (nSPS) is 10.1. The molecule has 0 heterocycles. The second-order valence-electron chi connectivity index (χ2n) is 4.66. The quantitative estimate of drug-likeness (QED) is 0.450. The molecule has 0 aliphatic carbocycles. The number of hydrogen-bond acceptors (Lipinski definition) is 4. The highest BCUT2D eigenvalue weighted by molar-refractivity contribution is 5.86. The predicted octanol–water partition coefficient (Wildman–Crippen LogP) is 3.23. The van der Waals surface area contributed by atoms with E-state index in [-0.39, 0.29) is 11.7 Å². The number of rotatable bonds is 8. The van der Waals surface area contributed by atoms with Gasteiger partial charge in [0.15, 0.2) is 0 Å². The standard InChI is InChI=1S/C16H22O4/c1-4-6-13-7-8-14(11-15(13)17)19-9-5-10-20-16(18)12(2)3/h7-8,11,17H,2,4-6,9-10H2,1,3H3. The number of phenols is 1. The van der Waals surface area contributed by atoms with Crippen molar-refractivity contribution in [3.05, 3.63) is 35.9 Å². The summed E-state index contributed by atoms with van der Waals surface area (Å²) in [6, 6.07) is 5.32. The van der Waals surface area contributed by atoms with Gasteiger partial charge in [-0.05, 0) is 25.0 Å². The summed E-state index contributed by atoms with van der Waals surface area (Å²) >= 11 is 0.